The molecular formula is C20H20N6O. The van der Waals surface area contributed by atoms with Crippen molar-refractivity contribution in [2.45, 2.75) is 39.7 Å². The Balaban J connectivity index is 1.95. The van der Waals surface area contributed by atoms with Crippen molar-refractivity contribution < 1.29 is 4.52 Å². The van der Waals surface area contributed by atoms with Gasteiger partial charge in [0.2, 0.25) is 0 Å². The summed E-state index contributed by atoms with van der Waals surface area (Å²) < 4.78 is 5.49. The van der Waals surface area contributed by atoms with Crippen LogP contribution >= 0.6 is 0 Å². The highest BCUT2D eigenvalue weighted by molar-refractivity contribution is 6.11. The summed E-state index contributed by atoms with van der Waals surface area (Å²) in [5.41, 5.74) is 4.82. The molecule has 0 spiro atoms. The van der Waals surface area contributed by atoms with E-state index in [1.165, 1.54) is 0 Å². The summed E-state index contributed by atoms with van der Waals surface area (Å²) >= 11 is 0. The standard InChI is InChI=1S/C20H20N6O/c1-4-5-16-25-20(27-26-16)14-10-22-17-13-7-6-12(9-21)8-15(13)24-19(17)18(14)23-11(2)3/h6-8,10-11,24H,4-5H2,1-3H3,(H,22,23). The van der Waals surface area contributed by atoms with E-state index in [0.717, 1.165) is 46.0 Å². The topological polar surface area (TPSA) is 103 Å². The molecule has 0 radical (unpaired) electrons. The lowest BCUT2D eigenvalue weighted by molar-refractivity contribution is 0.422. The molecular weight excluding hydrogens is 340 g/mol. The van der Waals surface area contributed by atoms with Crippen molar-refractivity contribution in [1.82, 2.24) is 20.1 Å². The second-order valence-electron chi connectivity index (χ2n) is 6.83. The van der Waals surface area contributed by atoms with Crippen molar-refractivity contribution in [2.24, 2.45) is 0 Å². The van der Waals surface area contributed by atoms with Gasteiger partial charge in [-0.05, 0) is 38.5 Å². The van der Waals surface area contributed by atoms with E-state index >= 15 is 0 Å². The molecule has 4 rings (SSSR count). The van der Waals surface area contributed by atoms with Gasteiger partial charge in [-0.3, -0.25) is 4.98 Å². The number of aryl methyl sites for hydroxylation is 1. The Hall–Kier alpha value is -3.40. The van der Waals surface area contributed by atoms with E-state index < -0.39 is 0 Å². The lowest BCUT2D eigenvalue weighted by Crippen LogP contribution is -2.11. The van der Waals surface area contributed by atoms with Gasteiger partial charge >= 0.3 is 0 Å². The Labute approximate surface area is 156 Å². The maximum Gasteiger partial charge on any atom is 0.261 e. The molecule has 7 nitrogen and oxygen atoms in total. The average Bonchev–Trinajstić information content (AvgIpc) is 3.26. The van der Waals surface area contributed by atoms with Crippen LogP contribution in [0.5, 0.6) is 0 Å². The zero-order valence-electron chi connectivity index (χ0n) is 15.5. The lowest BCUT2D eigenvalue weighted by atomic mass is 10.1. The average molecular weight is 360 g/mol. The van der Waals surface area contributed by atoms with E-state index in [-0.39, 0.29) is 6.04 Å². The summed E-state index contributed by atoms with van der Waals surface area (Å²) in [6.07, 6.45) is 3.49. The monoisotopic (exact) mass is 360 g/mol. The molecule has 0 amide bonds. The van der Waals surface area contributed by atoms with Gasteiger partial charge in [0.05, 0.1) is 33.9 Å². The number of benzene rings is 1. The summed E-state index contributed by atoms with van der Waals surface area (Å²) in [5.74, 6) is 1.14. The molecule has 0 fully saturated rings. The number of anilines is 1. The highest BCUT2D eigenvalue weighted by Gasteiger charge is 2.20. The van der Waals surface area contributed by atoms with Gasteiger partial charge in [0.25, 0.3) is 5.89 Å². The molecule has 136 valence electrons. The molecule has 27 heavy (non-hydrogen) atoms. The number of rotatable bonds is 5. The van der Waals surface area contributed by atoms with E-state index in [0.29, 0.717) is 17.3 Å². The molecule has 0 aliphatic carbocycles. The molecule has 0 bridgehead atoms. The summed E-state index contributed by atoms with van der Waals surface area (Å²) in [7, 11) is 0. The predicted octanol–water partition coefficient (Wildman–Crippen LogP) is 4.41. The Bertz CT molecular complexity index is 1160. The fraction of sp³-hybridized carbons (Fsp3) is 0.300. The van der Waals surface area contributed by atoms with Crippen LogP contribution in [-0.4, -0.2) is 26.2 Å². The van der Waals surface area contributed by atoms with Gasteiger partial charge < -0.3 is 14.8 Å². The highest BCUT2D eigenvalue weighted by Crippen LogP contribution is 2.36. The van der Waals surface area contributed by atoms with Gasteiger partial charge in [0.15, 0.2) is 5.82 Å². The van der Waals surface area contributed by atoms with Crippen LogP contribution in [-0.2, 0) is 6.42 Å². The zero-order valence-corrected chi connectivity index (χ0v) is 15.5. The van der Waals surface area contributed by atoms with Crippen LogP contribution in [0.15, 0.2) is 28.9 Å². The largest absolute Gasteiger partial charge is 0.380 e. The smallest absolute Gasteiger partial charge is 0.261 e. The number of nitrogens with one attached hydrogen (secondary N) is 2. The molecule has 0 aliphatic rings. The maximum absolute atomic E-state index is 9.16. The van der Waals surface area contributed by atoms with Crippen molar-refractivity contribution >= 4 is 27.6 Å². The van der Waals surface area contributed by atoms with Crippen LogP contribution in [0.2, 0.25) is 0 Å². The fourth-order valence-corrected chi connectivity index (χ4v) is 3.18. The van der Waals surface area contributed by atoms with Crippen LogP contribution in [0, 0.1) is 11.3 Å². The number of pyridine rings is 1. The van der Waals surface area contributed by atoms with Gasteiger partial charge in [-0.2, -0.15) is 10.2 Å². The van der Waals surface area contributed by atoms with Gasteiger partial charge in [-0.1, -0.05) is 12.1 Å². The van der Waals surface area contributed by atoms with E-state index in [9.17, 15) is 0 Å². The number of hydrogen-bond acceptors (Lipinski definition) is 6. The van der Waals surface area contributed by atoms with Crippen LogP contribution in [0.25, 0.3) is 33.4 Å². The van der Waals surface area contributed by atoms with E-state index in [2.05, 4.69) is 52.3 Å². The minimum Gasteiger partial charge on any atom is -0.380 e. The quantitative estimate of drug-likeness (QED) is 0.546. The summed E-state index contributed by atoms with van der Waals surface area (Å²) in [6.45, 7) is 6.22. The molecule has 0 atom stereocenters. The van der Waals surface area contributed by atoms with Crippen molar-refractivity contribution in [3.63, 3.8) is 0 Å². The summed E-state index contributed by atoms with van der Waals surface area (Å²) in [5, 5.41) is 17.7. The lowest BCUT2D eigenvalue weighted by Gasteiger charge is -2.13. The van der Waals surface area contributed by atoms with Gasteiger partial charge in [0.1, 0.15) is 0 Å². The van der Waals surface area contributed by atoms with E-state index in [4.69, 9.17) is 9.78 Å². The molecule has 4 aromatic rings. The van der Waals surface area contributed by atoms with Crippen molar-refractivity contribution in [3.05, 3.63) is 35.8 Å². The van der Waals surface area contributed by atoms with E-state index in [1.54, 1.807) is 12.3 Å². The molecule has 0 aliphatic heterocycles. The molecule has 3 heterocycles. The Morgan fingerprint density at radius 3 is 2.93 bits per heavy atom. The first-order chi connectivity index (χ1) is 13.1. The third-order valence-electron chi connectivity index (χ3n) is 4.35. The Morgan fingerprint density at radius 1 is 1.33 bits per heavy atom. The summed E-state index contributed by atoms with van der Waals surface area (Å²) in [6, 6.07) is 7.93. The number of hydrogen-bond donors (Lipinski definition) is 2. The van der Waals surface area contributed by atoms with Gasteiger partial charge in [-0.25, -0.2) is 0 Å². The summed E-state index contributed by atoms with van der Waals surface area (Å²) in [4.78, 5) is 12.6. The first-order valence-corrected chi connectivity index (χ1v) is 9.04. The second-order valence-corrected chi connectivity index (χ2v) is 6.83. The number of H-pyrrole nitrogens is 1. The van der Waals surface area contributed by atoms with Crippen LogP contribution in [0.4, 0.5) is 5.69 Å². The van der Waals surface area contributed by atoms with Crippen LogP contribution < -0.4 is 5.32 Å². The minimum atomic E-state index is 0.202. The van der Waals surface area contributed by atoms with Gasteiger partial charge in [0, 0.05) is 29.6 Å². The SMILES string of the molecule is CCCc1noc(-c2cnc3c([nH]c4cc(C#N)ccc43)c2NC(C)C)n1. The van der Waals surface area contributed by atoms with E-state index in [1.807, 2.05) is 12.1 Å². The molecule has 0 unspecified atom stereocenters. The Morgan fingerprint density at radius 2 is 2.19 bits per heavy atom. The first-order valence-electron chi connectivity index (χ1n) is 9.04. The molecule has 2 N–H and O–H groups in total. The maximum atomic E-state index is 9.16. The Kier molecular flexibility index (Phi) is 4.24. The third-order valence-corrected chi connectivity index (χ3v) is 4.35. The van der Waals surface area contributed by atoms with Crippen molar-refractivity contribution in [1.29, 1.82) is 5.26 Å². The molecule has 0 saturated heterocycles. The predicted molar refractivity (Wildman–Crippen MR) is 104 cm³/mol. The number of fused-ring (bicyclic) bond motifs is 3. The second kappa shape index (κ2) is 6.72. The molecule has 0 saturated carbocycles. The van der Waals surface area contributed by atoms with Crippen LogP contribution in [0.3, 0.4) is 0 Å². The first kappa shape index (κ1) is 17.0. The fourth-order valence-electron chi connectivity index (χ4n) is 3.18. The zero-order chi connectivity index (χ0) is 19.0. The van der Waals surface area contributed by atoms with Crippen molar-refractivity contribution in [3.8, 4) is 17.5 Å². The highest BCUT2D eigenvalue weighted by atomic mass is 16.5. The minimum absolute atomic E-state index is 0.202. The van der Waals surface area contributed by atoms with Gasteiger partial charge in [-0.15, -0.1) is 0 Å². The normalized spacial score (nSPS) is 11.4. The van der Waals surface area contributed by atoms with Crippen molar-refractivity contribution in [2.75, 3.05) is 5.32 Å². The number of aromatic amines is 1. The molecule has 3 aromatic heterocycles. The third kappa shape index (κ3) is 2.99. The number of nitriles is 1. The molecule has 7 heteroatoms. The number of nitrogens with zero attached hydrogens (tertiary/aromatic N) is 4. The molecule has 1 aromatic carbocycles. The number of aromatic nitrogens is 4. The van der Waals surface area contributed by atoms with Crippen LogP contribution in [0.1, 0.15) is 38.6 Å².